The number of benzene rings is 1. The lowest BCUT2D eigenvalue weighted by atomic mass is 9.92. The Kier molecular flexibility index (Phi) is 3.37. The Balaban J connectivity index is 2.25. The van der Waals surface area contributed by atoms with Crippen molar-refractivity contribution < 1.29 is 4.39 Å². The number of nitrogens with one attached hydrogen (secondary N) is 1. The molecule has 0 aliphatic carbocycles. The Morgan fingerprint density at radius 2 is 2.13 bits per heavy atom. The molecule has 1 nitrogen and oxygen atoms in total. The number of hydrogen-bond donors (Lipinski definition) is 1. The third-order valence-electron chi connectivity index (χ3n) is 3.11. The van der Waals surface area contributed by atoms with E-state index in [-0.39, 0.29) is 0 Å². The minimum atomic E-state index is -0.870. The van der Waals surface area contributed by atoms with Gasteiger partial charge in [-0.1, -0.05) is 30.7 Å². The average molecular weight is 207 g/mol. The molecule has 15 heavy (non-hydrogen) atoms. The van der Waals surface area contributed by atoms with E-state index in [1.54, 1.807) is 6.92 Å². The molecule has 2 unspecified atom stereocenters. The molecule has 2 rings (SSSR count). The van der Waals surface area contributed by atoms with Crippen LogP contribution >= 0.6 is 0 Å². The van der Waals surface area contributed by atoms with Gasteiger partial charge in [-0.2, -0.15) is 0 Å². The van der Waals surface area contributed by atoms with E-state index in [1.165, 1.54) is 12.8 Å². The van der Waals surface area contributed by atoms with Gasteiger partial charge in [0.15, 0.2) is 0 Å². The second-order valence-electron chi connectivity index (χ2n) is 4.25. The summed E-state index contributed by atoms with van der Waals surface area (Å²) in [5.41, 5.74) is 1.99. The van der Waals surface area contributed by atoms with Crippen LogP contribution in [0.25, 0.3) is 0 Å². The zero-order valence-corrected chi connectivity index (χ0v) is 9.17. The lowest BCUT2D eigenvalue weighted by Crippen LogP contribution is -2.27. The molecule has 2 atom stereocenters. The van der Waals surface area contributed by atoms with Crippen molar-refractivity contribution in [3.63, 3.8) is 0 Å². The molecule has 1 N–H and O–H groups in total. The fourth-order valence-corrected chi connectivity index (χ4v) is 2.31. The summed E-state index contributed by atoms with van der Waals surface area (Å²) >= 11 is 0. The van der Waals surface area contributed by atoms with Gasteiger partial charge in [0.1, 0.15) is 6.17 Å². The zero-order valence-electron chi connectivity index (χ0n) is 9.17. The molecule has 0 bridgehead atoms. The van der Waals surface area contributed by atoms with Crippen LogP contribution in [0.15, 0.2) is 24.3 Å². The van der Waals surface area contributed by atoms with Gasteiger partial charge >= 0.3 is 0 Å². The van der Waals surface area contributed by atoms with Gasteiger partial charge in [-0.25, -0.2) is 4.39 Å². The molecule has 1 fully saturated rings. The lowest BCUT2D eigenvalue weighted by Gasteiger charge is -2.26. The van der Waals surface area contributed by atoms with E-state index in [9.17, 15) is 4.39 Å². The number of alkyl halides is 1. The van der Waals surface area contributed by atoms with Gasteiger partial charge in [-0.05, 0) is 37.4 Å². The SMILES string of the molecule is CC(F)c1ccccc1C1CCCCN1. The topological polar surface area (TPSA) is 12.0 Å². The Bertz CT molecular complexity index is 316. The molecule has 0 aromatic heterocycles. The number of piperidine rings is 1. The minimum absolute atomic E-state index is 0.355. The van der Waals surface area contributed by atoms with Crippen LogP contribution in [0.4, 0.5) is 4.39 Å². The van der Waals surface area contributed by atoms with E-state index in [0.29, 0.717) is 6.04 Å². The van der Waals surface area contributed by atoms with Crippen molar-refractivity contribution in [1.29, 1.82) is 0 Å². The highest BCUT2D eigenvalue weighted by Crippen LogP contribution is 2.30. The molecular formula is C13H18FN. The van der Waals surface area contributed by atoms with Crippen LogP contribution in [0.5, 0.6) is 0 Å². The van der Waals surface area contributed by atoms with Gasteiger partial charge in [-0.15, -0.1) is 0 Å². The Morgan fingerprint density at radius 1 is 1.33 bits per heavy atom. The smallest absolute Gasteiger partial charge is 0.123 e. The normalized spacial score (nSPS) is 23.7. The largest absolute Gasteiger partial charge is 0.310 e. The Hall–Kier alpha value is -0.890. The predicted octanol–water partition coefficient (Wildman–Crippen LogP) is 3.53. The number of halogens is 1. The standard InChI is InChI=1S/C13H18FN/c1-10(14)11-6-2-3-7-12(11)13-8-4-5-9-15-13/h2-3,6-7,10,13,15H,4-5,8-9H2,1H3. The van der Waals surface area contributed by atoms with Crippen LogP contribution in [0, 0.1) is 0 Å². The van der Waals surface area contributed by atoms with Crippen LogP contribution in [0.3, 0.4) is 0 Å². The van der Waals surface area contributed by atoms with Crippen molar-refractivity contribution in [3.05, 3.63) is 35.4 Å². The highest BCUT2D eigenvalue weighted by Gasteiger charge is 2.19. The highest BCUT2D eigenvalue weighted by molar-refractivity contribution is 5.31. The molecule has 2 heteroatoms. The first-order chi connectivity index (χ1) is 7.29. The summed E-state index contributed by atoms with van der Waals surface area (Å²) in [6, 6.07) is 8.22. The van der Waals surface area contributed by atoms with Crippen LogP contribution in [-0.4, -0.2) is 6.54 Å². The molecule has 1 heterocycles. The summed E-state index contributed by atoms with van der Waals surface area (Å²) in [5, 5.41) is 3.46. The molecule has 0 saturated carbocycles. The van der Waals surface area contributed by atoms with Crippen LogP contribution in [-0.2, 0) is 0 Å². The first-order valence-electron chi connectivity index (χ1n) is 5.75. The van der Waals surface area contributed by atoms with Crippen LogP contribution < -0.4 is 5.32 Å². The fourth-order valence-electron chi connectivity index (χ4n) is 2.31. The van der Waals surface area contributed by atoms with Crippen molar-refractivity contribution in [1.82, 2.24) is 5.32 Å². The van der Waals surface area contributed by atoms with Crippen molar-refractivity contribution in [2.45, 2.75) is 38.4 Å². The third kappa shape index (κ3) is 2.37. The number of rotatable bonds is 2. The predicted molar refractivity (Wildman–Crippen MR) is 60.6 cm³/mol. The Labute approximate surface area is 90.7 Å². The fraction of sp³-hybridized carbons (Fsp3) is 0.538. The summed E-state index contributed by atoms with van der Waals surface area (Å²) in [5.74, 6) is 0. The van der Waals surface area contributed by atoms with Gasteiger partial charge in [0, 0.05) is 6.04 Å². The summed E-state index contributed by atoms with van der Waals surface area (Å²) in [7, 11) is 0. The summed E-state index contributed by atoms with van der Waals surface area (Å²) in [6.45, 7) is 2.67. The van der Waals surface area contributed by atoms with Crippen LogP contribution in [0.2, 0.25) is 0 Å². The van der Waals surface area contributed by atoms with Gasteiger partial charge in [0.05, 0.1) is 0 Å². The van der Waals surface area contributed by atoms with E-state index in [1.807, 2.05) is 18.2 Å². The second kappa shape index (κ2) is 4.75. The van der Waals surface area contributed by atoms with Gasteiger partial charge < -0.3 is 5.32 Å². The molecule has 1 aromatic rings. The van der Waals surface area contributed by atoms with E-state index in [0.717, 1.165) is 24.1 Å². The molecule has 0 spiro atoms. The molecule has 0 radical (unpaired) electrons. The molecule has 1 aliphatic heterocycles. The van der Waals surface area contributed by atoms with Crippen molar-refractivity contribution >= 4 is 0 Å². The molecule has 1 aromatic carbocycles. The highest BCUT2D eigenvalue weighted by atomic mass is 19.1. The minimum Gasteiger partial charge on any atom is -0.310 e. The van der Waals surface area contributed by atoms with Crippen molar-refractivity contribution in [2.24, 2.45) is 0 Å². The Morgan fingerprint density at radius 3 is 2.80 bits per heavy atom. The van der Waals surface area contributed by atoms with Gasteiger partial charge in [0.2, 0.25) is 0 Å². The maximum atomic E-state index is 13.4. The van der Waals surface area contributed by atoms with Crippen LogP contribution in [0.1, 0.15) is 49.5 Å². The maximum absolute atomic E-state index is 13.4. The quantitative estimate of drug-likeness (QED) is 0.782. The van der Waals surface area contributed by atoms with E-state index in [4.69, 9.17) is 0 Å². The molecule has 1 aliphatic rings. The molecule has 82 valence electrons. The summed E-state index contributed by atoms with van der Waals surface area (Å²) < 4.78 is 13.4. The third-order valence-corrected chi connectivity index (χ3v) is 3.11. The summed E-state index contributed by atoms with van der Waals surface area (Å²) in [6.07, 6.45) is 2.74. The monoisotopic (exact) mass is 207 g/mol. The van der Waals surface area contributed by atoms with E-state index in [2.05, 4.69) is 11.4 Å². The zero-order chi connectivity index (χ0) is 10.7. The second-order valence-corrected chi connectivity index (χ2v) is 4.25. The van der Waals surface area contributed by atoms with E-state index < -0.39 is 6.17 Å². The summed E-state index contributed by atoms with van der Waals surface area (Å²) in [4.78, 5) is 0. The van der Waals surface area contributed by atoms with Crippen molar-refractivity contribution in [2.75, 3.05) is 6.54 Å². The first-order valence-corrected chi connectivity index (χ1v) is 5.75. The maximum Gasteiger partial charge on any atom is 0.123 e. The van der Waals surface area contributed by atoms with Gasteiger partial charge in [0.25, 0.3) is 0 Å². The van der Waals surface area contributed by atoms with Gasteiger partial charge in [-0.3, -0.25) is 0 Å². The van der Waals surface area contributed by atoms with Crippen molar-refractivity contribution in [3.8, 4) is 0 Å². The molecule has 1 saturated heterocycles. The lowest BCUT2D eigenvalue weighted by molar-refractivity contribution is 0.358. The van der Waals surface area contributed by atoms with E-state index >= 15 is 0 Å². The molecular weight excluding hydrogens is 189 g/mol. The first kappa shape index (κ1) is 10.6. The number of hydrogen-bond acceptors (Lipinski definition) is 1. The molecule has 0 amide bonds. The average Bonchev–Trinajstić information content (AvgIpc) is 2.30.